The van der Waals surface area contributed by atoms with E-state index in [0.717, 1.165) is 12.8 Å². The molecule has 0 unspecified atom stereocenters. The standard InChI is InChI=1S/C17H21FN2O2/c1-12-17(22)19(9-14-6-3-7-15(18)8-14)11-16(21)20(12)10-13-4-2-5-13/h3,6-8,12-13H,2,4-5,9-11H2,1H3/t12-/m0/s1. The van der Waals surface area contributed by atoms with Crippen LogP contribution in [-0.4, -0.2) is 40.7 Å². The van der Waals surface area contributed by atoms with Crippen LogP contribution in [0.4, 0.5) is 4.39 Å². The lowest BCUT2D eigenvalue weighted by atomic mass is 9.84. The van der Waals surface area contributed by atoms with Gasteiger partial charge in [0, 0.05) is 13.1 Å². The highest BCUT2D eigenvalue weighted by atomic mass is 19.1. The zero-order chi connectivity index (χ0) is 15.7. The number of benzene rings is 1. The molecule has 118 valence electrons. The van der Waals surface area contributed by atoms with Crippen LogP contribution in [0.25, 0.3) is 0 Å². The molecule has 0 radical (unpaired) electrons. The predicted molar refractivity (Wildman–Crippen MR) is 80.3 cm³/mol. The third kappa shape index (κ3) is 2.98. The van der Waals surface area contributed by atoms with Gasteiger partial charge >= 0.3 is 0 Å². The molecule has 2 amide bonds. The second kappa shape index (κ2) is 6.07. The third-order valence-corrected chi connectivity index (χ3v) is 4.73. The lowest BCUT2D eigenvalue weighted by Gasteiger charge is -2.41. The Hall–Kier alpha value is -1.91. The summed E-state index contributed by atoms with van der Waals surface area (Å²) in [5, 5.41) is 0. The lowest BCUT2D eigenvalue weighted by molar-refractivity contribution is -0.156. The normalized spacial score (nSPS) is 22.9. The Bertz CT molecular complexity index is 586. The van der Waals surface area contributed by atoms with Crippen LogP contribution >= 0.6 is 0 Å². The average molecular weight is 304 g/mol. The Kier molecular flexibility index (Phi) is 4.14. The van der Waals surface area contributed by atoms with E-state index in [-0.39, 0.29) is 30.7 Å². The van der Waals surface area contributed by atoms with E-state index in [1.165, 1.54) is 23.5 Å². The molecule has 2 fully saturated rings. The van der Waals surface area contributed by atoms with Gasteiger partial charge in [0.05, 0.1) is 0 Å². The monoisotopic (exact) mass is 304 g/mol. The van der Waals surface area contributed by atoms with E-state index in [1.54, 1.807) is 24.0 Å². The Balaban J connectivity index is 1.67. The average Bonchev–Trinajstić information content (AvgIpc) is 2.42. The van der Waals surface area contributed by atoms with Gasteiger partial charge in [-0.3, -0.25) is 9.59 Å². The predicted octanol–water partition coefficient (Wildman–Crippen LogP) is 2.19. The second-order valence-corrected chi connectivity index (χ2v) is 6.34. The first-order chi connectivity index (χ1) is 10.5. The van der Waals surface area contributed by atoms with Gasteiger partial charge in [0.1, 0.15) is 18.4 Å². The Morgan fingerprint density at radius 3 is 2.68 bits per heavy atom. The maximum atomic E-state index is 13.2. The van der Waals surface area contributed by atoms with E-state index in [0.29, 0.717) is 18.0 Å². The van der Waals surface area contributed by atoms with Crippen LogP contribution in [0.15, 0.2) is 24.3 Å². The number of amides is 2. The van der Waals surface area contributed by atoms with Crippen LogP contribution in [0, 0.1) is 11.7 Å². The van der Waals surface area contributed by atoms with Crippen molar-refractivity contribution in [2.24, 2.45) is 5.92 Å². The van der Waals surface area contributed by atoms with Gasteiger partial charge in [-0.1, -0.05) is 18.6 Å². The first kappa shape index (κ1) is 15.0. The first-order valence-electron chi connectivity index (χ1n) is 7.87. The van der Waals surface area contributed by atoms with Crippen molar-refractivity contribution in [3.63, 3.8) is 0 Å². The molecule has 1 aromatic rings. The van der Waals surface area contributed by atoms with E-state index in [2.05, 4.69) is 0 Å². The lowest BCUT2D eigenvalue weighted by Crippen LogP contribution is -2.59. The van der Waals surface area contributed by atoms with Crippen LogP contribution < -0.4 is 0 Å². The van der Waals surface area contributed by atoms with Gasteiger partial charge in [-0.05, 0) is 43.4 Å². The minimum absolute atomic E-state index is 0.00426. The van der Waals surface area contributed by atoms with Crippen LogP contribution in [-0.2, 0) is 16.1 Å². The zero-order valence-corrected chi connectivity index (χ0v) is 12.8. The van der Waals surface area contributed by atoms with Crippen LogP contribution in [0.2, 0.25) is 0 Å². The molecule has 22 heavy (non-hydrogen) atoms. The zero-order valence-electron chi connectivity index (χ0n) is 12.8. The summed E-state index contributed by atoms with van der Waals surface area (Å²) in [6.07, 6.45) is 3.52. The summed E-state index contributed by atoms with van der Waals surface area (Å²) >= 11 is 0. The summed E-state index contributed by atoms with van der Waals surface area (Å²) in [5.41, 5.74) is 0.709. The number of hydrogen-bond donors (Lipinski definition) is 0. The summed E-state index contributed by atoms with van der Waals surface area (Å²) in [4.78, 5) is 28.1. The van der Waals surface area contributed by atoms with Crippen molar-refractivity contribution in [3.05, 3.63) is 35.6 Å². The number of nitrogens with zero attached hydrogens (tertiary/aromatic N) is 2. The molecule has 0 aromatic heterocycles. The molecule has 1 atom stereocenters. The highest BCUT2D eigenvalue weighted by molar-refractivity contribution is 5.94. The summed E-state index contributed by atoms with van der Waals surface area (Å²) < 4.78 is 13.2. The minimum Gasteiger partial charge on any atom is -0.329 e. The topological polar surface area (TPSA) is 40.6 Å². The molecule has 5 heteroatoms. The van der Waals surface area contributed by atoms with Crippen LogP contribution in [0.3, 0.4) is 0 Å². The van der Waals surface area contributed by atoms with Crippen molar-refractivity contribution < 1.29 is 14.0 Å². The number of carbonyl (C=O) groups is 2. The molecule has 0 N–H and O–H groups in total. The molecule has 0 spiro atoms. The smallest absolute Gasteiger partial charge is 0.245 e. The Morgan fingerprint density at radius 1 is 1.27 bits per heavy atom. The van der Waals surface area contributed by atoms with Crippen LogP contribution in [0.5, 0.6) is 0 Å². The van der Waals surface area contributed by atoms with Gasteiger partial charge in [0.25, 0.3) is 0 Å². The second-order valence-electron chi connectivity index (χ2n) is 6.34. The van der Waals surface area contributed by atoms with E-state index in [9.17, 15) is 14.0 Å². The number of rotatable bonds is 4. The molecule has 2 aliphatic rings. The molecule has 1 heterocycles. The third-order valence-electron chi connectivity index (χ3n) is 4.73. The van der Waals surface area contributed by atoms with E-state index in [4.69, 9.17) is 0 Å². The fraction of sp³-hybridized carbons (Fsp3) is 0.529. The Morgan fingerprint density at radius 2 is 2.05 bits per heavy atom. The largest absolute Gasteiger partial charge is 0.329 e. The highest BCUT2D eigenvalue weighted by Gasteiger charge is 2.38. The van der Waals surface area contributed by atoms with E-state index >= 15 is 0 Å². The molecular formula is C17H21FN2O2. The van der Waals surface area contributed by atoms with Crippen LogP contribution in [0.1, 0.15) is 31.7 Å². The molecule has 4 nitrogen and oxygen atoms in total. The number of carbonyl (C=O) groups excluding carboxylic acids is 2. The van der Waals surface area contributed by atoms with Gasteiger partial charge in [-0.2, -0.15) is 0 Å². The molecule has 1 aliphatic heterocycles. The van der Waals surface area contributed by atoms with Gasteiger partial charge in [0.15, 0.2) is 0 Å². The molecule has 3 rings (SSSR count). The fourth-order valence-electron chi connectivity index (χ4n) is 3.15. The molecule has 1 saturated carbocycles. The number of halogens is 1. The molecule has 1 aliphatic carbocycles. The Labute approximate surface area is 129 Å². The summed E-state index contributed by atoms with van der Waals surface area (Å²) in [6, 6.07) is 5.74. The van der Waals surface area contributed by atoms with Gasteiger partial charge in [-0.25, -0.2) is 4.39 Å². The minimum atomic E-state index is -0.421. The maximum absolute atomic E-state index is 13.2. The van der Waals surface area contributed by atoms with Crippen molar-refractivity contribution in [2.75, 3.05) is 13.1 Å². The first-order valence-corrected chi connectivity index (χ1v) is 7.87. The highest BCUT2D eigenvalue weighted by Crippen LogP contribution is 2.29. The van der Waals surface area contributed by atoms with Crippen molar-refractivity contribution in [2.45, 2.75) is 38.8 Å². The SMILES string of the molecule is C[C@H]1C(=O)N(Cc2cccc(F)c2)CC(=O)N1CC1CCC1. The molecular weight excluding hydrogens is 283 g/mol. The summed E-state index contributed by atoms with van der Waals surface area (Å²) in [6.45, 7) is 2.85. The summed E-state index contributed by atoms with van der Waals surface area (Å²) in [7, 11) is 0. The van der Waals surface area contributed by atoms with E-state index in [1.807, 2.05) is 0 Å². The molecule has 1 saturated heterocycles. The summed E-state index contributed by atoms with van der Waals surface area (Å²) in [5.74, 6) is 0.167. The fourth-order valence-corrected chi connectivity index (χ4v) is 3.15. The van der Waals surface area contributed by atoms with E-state index < -0.39 is 6.04 Å². The van der Waals surface area contributed by atoms with Crippen molar-refractivity contribution in [1.29, 1.82) is 0 Å². The van der Waals surface area contributed by atoms with Gasteiger partial charge in [0.2, 0.25) is 11.8 Å². The number of hydrogen-bond acceptors (Lipinski definition) is 2. The van der Waals surface area contributed by atoms with Crippen molar-refractivity contribution >= 4 is 11.8 Å². The molecule has 0 bridgehead atoms. The quantitative estimate of drug-likeness (QED) is 0.855. The van der Waals surface area contributed by atoms with Gasteiger partial charge < -0.3 is 9.80 Å². The van der Waals surface area contributed by atoms with Crippen molar-refractivity contribution in [1.82, 2.24) is 9.80 Å². The van der Waals surface area contributed by atoms with Gasteiger partial charge in [-0.15, -0.1) is 0 Å². The van der Waals surface area contributed by atoms with Crippen molar-refractivity contribution in [3.8, 4) is 0 Å². The maximum Gasteiger partial charge on any atom is 0.245 e. The molecule has 1 aromatic carbocycles. The number of piperazine rings is 1.